The van der Waals surface area contributed by atoms with Crippen LogP contribution < -0.4 is 14.8 Å². The van der Waals surface area contributed by atoms with Crippen LogP contribution in [0.25, 0.3) is 16.8 Å². The van der Waals surface area contributed by atoms with Crippen molar-refractivity contribution in [1.29, 1.82) is 0 Å². The molecule has 1 aromatic carbocycles. The van der Waals surface area contributed by atoms with Gasteiger partial charge in [0.15, 0.2) is 17.3 Å². The van der Waals surface area contributed by atoms with E-state index < -0.39 is 0 Å². The van der Waals surface area contributed by atoms with Crippen LogP contribution in [0.5, 0.6) is 11.5 Å². The van der Waals surface area contributed by atoms with Gasteiger partial charge in [-0.05, 0) is 48.1 Å². The Balaban J connectivity index is 1.45. The Morgan fingerprint density at radius 1 is 1.25 bits per heavy atom. The Kier molecular flexibility index (Phi) is 5.12. The number of methoxy groups -OCH3 is 2. The van der Waals surface area contributed by atoms with E-state index in [9.17, 15) is 4.79 Å². The maximum absolute atomic E-state index is 12.4. The maximum Gasteiger partial charge on any atom is 0.270 e. The Bertz CT molecular complexity index is 1020. The molecule has 0 radical (unpaired) electrons. The number of benzene rings is 1. The highest BCUT2D eigenvalue weighted by molar-refractivity contribution is 7.14. The second kappa shape index (κ2) is 7.85. The van der Waals surface area contributed by atoms with E-state index in [-0.39, 0.29) is 5.91 Å². The maximum atomic E-state index is 12.4. The van der Waals surface area contributed by atoms with Gasteiger partial charge in [-0.2, -0.15) is 4.98 Å². The Hall–Kier alpha value is -3.13. The van der Waals surface area contributed by atoms with E-state index in [0.717, 1.165) is 29.1 Å². The third-order valence-electron chi connectivity index (χ3n) is 4.34. The summed E-state index contributed by atoms with van der Waals surface area (Å²) < 4.78 is 15.9. The molecule has 0 unspecified atom stereocenters. The number of hydrogen-bond acceptors (Lipinski definition) is 7. The lowest BCUT2D eigenvalue weighted by atomic mass is 10.2. The minimum absolute atomic E-state index is 0.253. The lowest BCUT2D eigenvalue weighted by Crippen LogP contribution is -2.07. The number of aromatic nitrogens is 2. The van der Waals surface area contributed by atoms with Crippen LogP contribution >= 0.6 is 11.3 Å². The van der Waals surface area contributed by atoms with Crippen LogP contribution in [0.15, 0.2) is 40.2 Å². The summed E-state index contributed by atoms with van der Waals surface area (Å²) in [6.07, 6.45) is 5.38. The summed E-state index contributed by atoms with van der Waals surface area (Å²) in [5, 5.41) is 8.78. The average molecular weight is 397 g/mol. The summed E-state index contributed by atoms with van der Waals surface area (Å²) in [6.45, 7) is 0. The molecule has 1 saturated carbocycles. The first-order valence-corrected chi connectivity index (χ1v) is 9.68. The molecule has 1 amide bonds. The summed E-state index contributed by atoms with van der Waals surface area (Å²) in [7, 11) is 3.15. The molecule has 28 heavy (non-hydrogen) atoms. The number of carbonyl (C=O) groups is 1. The minimum atomic E-state index is -0.253. The lowest BCUT2D eigenvalue weighted by Gasteiger charge is -2.07. The SMILES string of the molecule is COc1ccc(/C=C/C(=O)Nc2ccsc2-c2nc(C3CC3)no2)cc1OC. The molecule has 1 N–H and O–H groups in total. The van der Waals surface area contributed by atoms with Gasteiger partial charge in [0.25, 0.3) is 5.89 Å². The van der Waals surface area contributed by atoms with Crippen molar-refractivity contribution in [1.82, 2.24) is 10.1 Å². The van der Waals surface area contributed by atoms with Gasteiger partial charge in [-0.25, -0.2) is 0 Å². The Morgan fingerprint density at radius 3 is 2.82 bits per heavy atom. The predicted molar refractivity (Wildman–Crippen MR) is 107 cm³/mol. The van der Waals surface area contributed by atoms with E-state index in [4.69, 9.17) is 14.0 Å². The molecule has 1 fully saturated rings. The van der Waals surface area contributed by atoms with E-state index in [1.165, 1.54) is 17.4 Å². The molecule has 7 nitrogen and oxygen atoms in total. The molecule has 4 rings (SSSR count). The first kappa shape index (κ1) is 18.2. The fraction of sp³-hybridized carbons (Fsp3) is 0.250. The van der Waals surface area contributed by atoms with Crippen LogP contribution in [0.2, 0.25) is 0 Å². The van der Waals surface area contributed by atoms with Crippen molar-refractivity contribution in [2.75, 3.05) is 19.5 Å². The van der Waals surface area contributed by atoms with Crippen molar-refractivity contribution in [3.8, 4) is 22.3 Å². The van der Waals surface area contributed by atoms with Gasteiger partial charge >= 0.3 is 0 Å². The van der Waals surface area contributed by atoms with Crippen LogP contribution in [0.1, 0.15) is 30.1 Å². The van der Waals surface area contributed by atoms with Gasteiger partial charge in [-0.1, -0.05) is 11.2 Å². The summed E-state index contributed by atoms with van der Waals surface area (Å²) in [6, 6.07) is 7.26. The second-order valence-electron chi connectivity index (χ2n) is 6.33. The fourth-order valence-corrected chi connectivity index (χ4v) is 3.48. The summed E-state index contributed by atoms with van der Waals surface area (Å²) >= 11 is 1.45. The van der Waals surface area contributed by atoms with Crippen molar-refractivity contribution in [2.24, 2.45) is 0 Å². The van der Waals surface area contributed by atoms with E-state index in [0.29, 0.717) is 29.0 Å². The number of amides is 1. The minimum Gasteiger partial charge on any atom is -0.493 e. The van der Waals surface area contributed by atoms with Crippen LogP contribution in [-0.4, -0.2) is 30.3 Å². The number of nitrogens with zero attached hydrogens (tertiary/aromatic N) is 2. The van der Waals surface area contributed by atoms with Crippen LogP contribution in [0.4, 0.5) is 5.69 Å². The molecule has 0 atom stereocenters. The highest BCUT2D eigenvalue weighted by atomic mass is 32.1. The fourth-order valence-electron chi connectivity index (χ4n) is 2.71. The van der Waals surface area contributed by atoms with Crippen molar-refractivity contribution >= 4 is 29.0 Å². The zero-order chi connectivity index (χ0) is 19.5. The molecule has 8 heteroatoms. The van der Waals surface area contributed by atoms with Crippen molar-refractivity contribution < 1.29 is 18.8 Å². The third-order valence-corrected chi connectivity index (χ3v) is 5.24. The van der Waals surface area contributed by atoms with Gasteiger partial charge in [0.05, 0.1) is 19.9 Å². The van der Waals surface area contributed by atoms with Gasteiger partial charge in [0, 0.05) is 12.0 Å². The van der Waals surface area contributed by atoms with E-state index in [1.54, 1.807) is 32.4 Å². The molecule has 0 saturated heterocycles. The average Bonchev–Trinajstić information content (AvgIpc) is 3.27. The lowest BCUT2D eigenvalue weighted by molar-refractivity contribution is -0.111. The highest BCUT2D eigenvalue weighted by Gasteiger charge is 2.29. The predicted octanol–water partition coefficient (Wildman–Crippen LogP) is 4.34. The smallest absolute Gasteiger partial charge is 0.270 e. The zero-order valence-electron chi connectivity index (χ0n) is 15.5. The van der Waals surface area contributed by atoms with Gasteiger partial charge < -0.3 is 19.3 Å². The number of nitrogens with one attached hydrogen (secondary N) is 1. The standard InChI is InChI=1S/C20H19N3O4S/c1-25-15-7-3-12(11-16(15)26-2)4-8-17(24)21-14-9-10-28-18(14)20-22-19(23-27-20)13-5-6-13/h3-4,7-11,13H,5-6H2,1-2H3,(H,21,24)/b8-4+. The van der Waals surface area contributed by atoms with Gasteiger partial charge in [-0.15, -0.1) is 11.3 Å². The number of ether oxygens (including phenoxy) is 2. The number of carbonyl (C=O) groups excluding carboxylic acids is 1. The van der Waals surface area contributed by atoms with Gasteiger partial charge in [0.2, 0.25) is 5.91 Å². The molecular formula is C20H19N3O4S. The molecule has 1 aliphatic carbocycles. The molecule has 3 aromatic rings. The Labute approximate surface area is 166 Å². The van der Waals surface area contributed by atoms with Crippen molar-refractivity contribution in [3.63, 3.8) is 0 Å². The molecule has 1 aliphatic rings. The van der Waals surface area contributed by atoms with Crippen molar-refractivity contribution in [3.05, 3.63) is 47.1 Å². The van der Waals surface area contributed by atoms with Crippen LogP contribution in [-0.2, 0) is 4.79 Å². The second-order valence-corrected chi connectivity index (χ2v) is 7.25. The molecule has 0 bridgehead atoms. The monoisotopic (exact) mass is 397 g/mol. The van der Waals surface area contributed by atoms with Crippen LogP contribution in [0.3, 0.4) is 0 Å². The van der Waals surface area contributed by atoms with Crippen LogP contribution in [0, 0.1) is 0 Å². The Morgan fingerprint density at radius 2 is 2.07 bits per heavy atom. The van der Waals surface area contributed by atoms with Gasteiger partial charge in [-0.3, -0.25) is 4.79 Å². The van der Waals surface area contributed by atoms with E-state index >= 15 is 0 Å². The number of thiophene rings is 1. The topological polar surface area (TPSA) is 86.5 Å². The summed E-state index contributed by atoms with van der Waals surface area (Å²) in [5.41, 5.74) is 1.47. The molecular weight excluding hydrogens is 378 g/mol. The molecule has 2 aromatic heterocycles. The first-order chi connectivity index (χ1) is 13.7. The molecule has 0 spiro atoms. The van der Waals surface area contributed by atoms with E-state index in [1.807, 2.05) is 17.5 Å². The molecule has 0 aliphatic heterocycles. The highest BCUT2D eigenvalue weighted by Crippen LogP contribution is 2.40. The largest absolute Gasteiger partial charge is 0.493 e. The van der Waals surface area contributed by atoms with Crippen molar-refractivity contribution in [2.45, 2.75) is 18.8 Å². The third kappa shape index (κ3) is 3.91. The number of rotatable bonds is 7. The quantitative estimate of drug-likeness (QED) is 0.597. The summed E-state index contributed by atoms with van der Waals surface area (Å²) in [5.74, 6) is 2.59. The van der Waals surface area contributed by atoms with Gasteiger partial charge in [0.1, 0.15) is 4.88 Å². The number of hydrogen-bond donors (Lipinski definition) is 1. The zero-order valence-corrected chi connectivity index (χ0v) is 16.3. The molecule has 2 heterocycles. The van der Waals surface area contributed by atoms with E-state index in [2.05, 4.69) is 15.5 Å². The normalized spacial score (nSPS) is 13.6. The first-order valence-electron chi connectivity index (χ1n) is 8.80. The number of anilines is 1. The summed E-state index contributed by atoms with van der Waals surface area (Å²) in [4.78, 5) is 17.6. The molecule has 144 valence electrons.